The molecule has 48 heavy (non-hydrogen) atoms. The third-order valence-corrected chi connectivity index (χ3v) is 10.4. The first-order valence-corrected chi connectivity index (χ1v) is 17.5. The highest BCUT2D eigenvalue weighted by atomic mass is 32.2. The Hall–Kier alpha value is -5.77. The summed E-state index contributed by atoms with van der Waals surface area (Å²) < 4.78 is 2.39. The third kappa shape index (κ3) is 4.51. The first kappa shape index (κ1) is 28.5. The van der Waals surface area contributed by atoms with Crippen molar-refractivity contribution in [1.82, 2.24) is 4.57 Å². The van der Waals surface area contributed by atoms with Crippen molar-refractivity contribution in [2.45, 2.75) is 4.90 Å². The smallest absolute Gasteiger partial charge is 0.0541 e. The molecule has 7 aromatic carbocycles. The Balaban J connectivity index is 1.24. The van der Waals surface area contributed by atoms with Crippen molar-refractivity contribution in [3.8, 4) is 16.8 Å². The van der Waals surface area contributed by atoms with Crippen molar-refractivity contribution in [2.75, 3.05) is 11.2 Å². The Morgan fingerprint density at radius 3 is 1.96 bits per heavy atom. The van der Waals surface area contributed by atoms with Crippen molar-refractivity contribution >= 4 is 72.1 Å². The van der Waals surface area contributed by atoms with Gasteiger partial charge in [0.1, 0.15) is 0 Å². The number of nitrogens with zero attached hydrogens (tertiary/aromatic N) is 2. The molecule has 0 saturated heterocycles. The normalized spacial score (nSPS) is 14.4. The summed E-state index contributed by atoms with van der Waals surface area (Å²) >= 11 is 1.78. The lowest BCUT2D eigenvalue weighted by Crippen LogP contribution is -2.12. The topological polar surface area (TPSA) is 8.17 Å². The number of rotatable bonds is 4. The third-order valence-electron chi connectivity index (χ3n) is 9.58. The first-order valence-electron chi connectivity index (χ1n) is 16.2. The molecule has 3 heteroatoms. The van der Waals surface area contributed by atoms with E-state index in [1.807, 2.05) is 0 Å². The van der Waals surface area contributed by atoms with Gasteiger partial charge in [-0.15, -0.1) is 11.8 Å². The van der Waals surface area contributed by atoms with Gasteiger partial charge in [-0.05, 0) is 93.7 Å². The van der Waals surface area contributed by atoms with Crippen molar-refractivity contribution < 1.29 is 0 Å². The van der Waals surface area contributed by atoms with Crippen LogP contribution in [0, 0.1) is 0 Å². The molecule has 228 valence electrons. The second-order valence-electron chi connectivity index (χ2n) is 12.2. The van der Waals surface area contributed by atoms with Crippen LogP contribution in [0.25, 0.3) is 65.7 Å². The highest BCUT2D eigenvalue weighted by Gasteiger charge is 2.20. The summed E-state index contributed by atoms with van der Waals surface area (Å²) in [7, 11) is 0. The lowest BCUT2D eigenvalue weighted by molar-refractivity contribution is 1.17. The Kier molecular flexibility index (Phi) is 6.81. The average molecular weight is 633 g/mol. The zero-order valence-corrected chi connectivity index (χ0v) is 27.4. The number of aromatic nitrogens is 1. The van der Waals surface area contributed by atoms with Crippen LogP contribution in [0.4, 0.5) is 11.4 Å². The summed E-state index contributed by atoms with van der Waals surface area (Å²) in [6.45, 7) is 4.54. The largest absolute Gasteiger partial charge is 0.316 e. The van der Waals surface area contributed by atoms with E-state index in [0.29, 0.717) is 0 Å². The monoisotopic (exact) mass is 632 g/mol. The molecule has 0 radical (unpaired) electrons. The number of hydrogen-bond acceptors (Lipinski definition) is 2. The van der Waals surface area contributed by atoms with Gasteiger partial charge in [0.2, 0.25) is 0 Å². The molecule has 0 bridgehead atoms. The molecule has 0 saturated carbocycles. The van der Waals surface area contributed by atoms with Crippen LogP contribution in [0.2, 0.25) is 0 Å². The molecular weight excluding hydrogens is 601 g/mol. The lowest BCUT2D eigenvalue weighted by atomic mass is 9.95. The minimum Gasteiger partial charge on any atom is -0.316 e. The Morgan fingerprint density at radius 1 is 0.542 bits per heavy atom. The van der Waals surface area contributed by atoms with E-state index in [9.17, 15) is 0 Å². The summed E-state index contributed by atoms with van der Waals surface area (Å²) in [4.78, 5) is 3.57. The molecule has 2 nitrogen and oxygen atoms in total. The number of fused-ring (bicyclic) bond motifs is 7. The summed E-state index contributed by atoms with van der Waals surface area (Å²) in [6, 6.07) is 50.8. The molecule has 0 amide bonds. The van der Waals surface area contributed by atoms with E-state index < -0.39 is 0 Å². The summed E-state index contributed by atoms with van der Waals surface area (Å²) in [6.07, 6.45) is 10.6. The van der Waals surface area contributed by atoms with Crippen LogP contribution >= 0.6 is 11.8 Å². The summed E-state index contributed by atoms with van der Waals surface area (Å²) in [5, 5.41) is 7.49. The van der Waals surface area contributed by atoms with Crippen LogP contribution in [0.3, 0.4) is 0 Å². The zero-order chi connectivity index (χ0) is 32.2. The molecule has 9 rings (SSSR count). The van der Waals surface area contributed by atoms with Crippen LogP contribution in [-0.4, -0.2) is 10.8 Å². The fourth-order valence-electron chi connectivity index (χ4n) is 7.35. The van der Waals surface area contributed by atoms with E-state index in [-0.39, 0.29) is 0 Å². The lowest BCUT2D eigenvalue weighted by Gasteiger charge is -2.27. The predicted octanol–water partition coefficient (Wildman–Crippen LogP) is 12.7. The van der Waals surface area contributed by atoms with Gasteiger partial charge in [0, 0.05) is 38.5 Å². The number of thioether (sulfide) groups is 1. The average Bonchev–Trinajstić information content (AvgIpc) is 3.48. The van der Waals surface area contributed by atoms with Crippen LogP contribution < -0.4 is 4.90 Å². The van der Waals surface area contributed by atoms with Gasteiger partial charge in [0.15, 0.2) is 0 Å². The van der Waals surface area contributed by atoms with E-state index in [1.165, 1.54) is 59.4 Å². The minimum atomic E-state index is 0.982. The van der Waals surface area contributed by atoms with Crippen molar-refractivity contribution in [1.29, 1.82) is 0 Å². The number of allylic oxidation sites excluding steroid dienone is 4. The van der Waals surface area contributed by atoms with E-state index in [1.54, 1.807) is 11.8 Å². The van der Waals surface area contributed by atoms with Gasteiger partial charge in [-0.25, -0.2) is 0 Å². The van der Waals surface area contributed by atoms with Gasteiger partial charge in [0.05, 0.1) is 22.4 Å². The maximum absolute atomic E-state index is 4.54. The van der Waals surface area contributed by atoms with Crippen LogP contribution in [0.1, 0.15) is 5.56 Å². The Labute approximate surface area is 284 Å². The predicted molar refractivity (Wildman–Crippen MR) is 209 cm³/mol. The van der Waals surface area contributed by atoms with Gasteiger partial charge in [-0.3, -0.25) is 0 Å². The van der Waals surface area contributed by atoms with Crippen LogP contribution in [0.15, 0.2) is 175 Å². The number of anilines is 2. The molecule has 0 aliphatic carbocycles. The Bertz CT molecular complexity index is 2580. The second kappa shape index (κ2) is 11.5. The molecule has 0 unspecified atom stereocenters. The van der Waals surface area contributed by atoms with E-state index in [2.05, 4.69) is 186 Å². The van der Waals surface area contributed by atoms with Gasteiger partial charge in [-0.1, -0.05) is 110 Å². The molecule has 0 N–H and O–H groups in total. The molecule has 1 aromatic heterocycles. The number of benzene rings is 7. The van der Waals surface area contributed by atoms with Crippen LogP contribution in [-0.2, 0) is 0 Å². The maximum Gasteiger partial charge on any atom is 0.0541 e. The van der Waals surface area contributed by atoms with E-state index >= 15 is 0 Å². The molecule has 1 aliphatic rings. The molecule has 0 fully saturated rings. The van der Waals surface area contributed by atoms with E-state index in [0.717, 1.165) is 28.2 Å². The standard InChI is InChI=1S/C45H32N2S/c1-30-13-11-12-26-46(44-28-31-14-3-4-15-34(31)35-16-5-6-17-36(35)44)41-24-22-32(27-39(30)41)40-29-33(23-25-45(40)48-2)47-42-20-9-7-18-37(42)38-19-8-10-21-43(38)47/h3-29H,1H2,2H3/b13-11-,26-12-. The zero-order valence-electron chi connectivity index (χ0n) is 26.6. The molecule has 2 heterocycles. The first-order chi connectivity index (χ1) is 23.7. The van der Waals surface area contributed by atoms with E-state index in [4.69, 9.17) is 0 Å². The molecule has 1 aliphatic heterocycles. The second-order valence-corrected chi connectivity index (χ2v) is 13.1. The number of hydrogen-bond donors (Lipinski definition) is 0. The summed E-state index contributed by atoms with van der Waals surface area (Å²) in [5.74, 6) is 0. The van der Waals surface area contributed by atoms with Crippen LogP contribution in [0.5, 0.6) is 0 Å². The quantitative estimate of drug-likeness (QED) is 0.141. The van der Waals surface area contributed by atoms with Crippen molar-refractivity contribution in [3.63, 3.8) is 0 Å². The minimum absolute atomic E-state index is 0.982. The van der Waals surface area contributed by atoms with Gasteiger partial charge < -0.3 is 9.47 Å². The molecular formula is C45H32N2S. The molecule has 0 spiro atoms. The van der Waals surface area contributed by atoms with Crippen molar-refractivity contribution in [3.05, 3.63) is 176 Å². The number of para-hydroxylation sites is 2. The SMILES string of the molecule is C=C1/C=C\C=C/N(c2cc3ccccc3c3ccccc23)c2ccc(-c3cc(-n4c5ccccc5c5ccccc54)ccc3SC)cc21. The Morgan fingerprint density at radius 2 is 1.21 bits per heavy atom. The van der Waals surface area contributed by atoms with Gasteiger partial charge in [-0.2, -0.15) is 0 Å². The fraction of sp³-hybridized carbons (Fsp3) is 0.0222. The van der Waals surface area contributed by atoms with Gasteiger partial charge in [0.25, 0.3) is 0 Å². The highest BCUT2D eigenvalue weighted by Crippen LogP contribution is 2.43. The molecule has 0 atom stereocenters. The fourth-order valence-corrected chi connectivity index (χ4v) is 7.95. The van der Waals surface area contributed by atoms with Gasteiger partial charge >= 0.3 is 0 Å². The summed E-state index contributed by atoms with van der Waals surface area (Å²) in [5.41, 5.74) is 10.3. The van der Waals surface area contributed by atoms with Crippen molar-refractivity contribution in [2.24, 2.45) is 0 Å². The maximum atomic E-state index is 4.54. The highest BCUT2D eigenvalue weighted by molar-refractivity contribution is 7.98. The molecule has 8 aromatic rings.